The van der Waals surface area contributed by atoms with Crippen LogP contribution >= 0.6 is 0 Å². The molecule has 4 heterocycles. The smallest absolute Gasteiger partial charge is 0.333 e. The lowest BCUT2D eigenvalue weighted by molar-refractivity contribution is -0.127. The summed E-state index contributed by atoms with van der Waals surface area (Å²) < 4.78 is 22.5. The first-order valence-corrected chi connectivity index (χ1v) is 15.0. The molecule has 0 atom stereocenters. The number of nitrogens with zero attached hydrogens (tertiary/aromatic N) is 6. The van der Waals surface area contributed by atoms with E-state index in [1.54, 1.807) is 27.8 Å². The van der Waals surface area contributed by atoms with Gasteiger partial charge in [-0.15, -0.1) is 0 Å². The molecule has 4 aromatic rings. The molecule has 0 spiro atoms. The molecule has 12 nitrogen and oxygen atoms in total. The van der Waals surface area contributed by atoms with Gasteiger partial charge in [0.05, 0.1) is 7.11 Å². The Morgan fingerprint density at radius 1 is 1.09 bits per heavy atom. The summed E-state index contributed by atoms with van der Waals surface area (Å²) in [6.45, 7) is 1.45. The summed E-state index contributed by atoms with van der Waals surface area (Å²) in [5.74, 6) is -0.239. The molecule has 2 aliphatic carbocycles. The summed E-state index contributed by atoms with van der Waals surface area (Å²) >= 11 is 0. The molecule has 1 saturated heterocycles. The second-order valence-corrected chi connectivity index (χ2v) is 11.6. The molecule has 7 rings (SSSR count). The van der Waals surface area contributed by atoms with Crippen LogP contribution in [0.2, 0.25) is 0 Å². The average Bonchev–Trinajstić information content (AvgIpc) is 3.95. The van der Waals surface area contributed by atoms with E-state index in [1.165, 1.54) is 28.7 Å². The summed E-state index contributed by atoms with van der Waals surface area (Å²) in [7, 11) is 1.35. The number of benzene rings is 1. The van der Waals surface area contributed by atoms with Gasteiger partial charge in [-0.3, -0.25) is 28.4 Å². The van der Waals surface area contributed by atoms with Crippen molar-refractivity contribution in [1.29, 1.82) is 0 Å². The second kappa shape index (κ2) is 11.0. The van der Waals surface area contributed by atoms with Crippen molar-refractivity contribution in [3.8, 4) is 17.1 Å². The topological polar surface area (TPSA) is 135 Å². The van der Waals surface area contributed by atoms with E-state index in [-0.39, 0.29) is 52.6 Å². The van der Waals surface area contributed by atoms with Crippen molar-refractivity contribution in [2.75, 3.05) is 31.6 Å². The number of hydrogen-bond donors (Lipinski definition) is 1. The molecule has 3 aliphatic rings. The fourth-order valence-electron chi connectivity index (χ4n) is 5.88. The first kappa shape index (κ1) is 28.0. The van der Waals surface area contributed by atoms with E-state index >= 15 is 0 Å². The molecule has 0 bridgehead atoms. The number of aromatic amines is 1. The third-order valence-corrected chi connectivity index (χ3v) is 8.50. The summed E-state index contributed by atoms with van der Waals surface area (Å²) in [4.78, 5) is 67.8. The van der Waals surface area contributed by atoms with Crippen LogP contribution in [0, 0.1) is 5.82 Å². The van der Waals surface area contributed by atoms with Crippen LogP contribution in [-0.2, 0) is 4.79 Å². The molecule has 44 heavy (non-hydrogen) atoms. The van der Waals surface area contributed by atoms with Crippen LogP contribution in [0.3, 0.4) is 0 Å². The predicted molar refractivity (Wildman–Crippen MR) is 159 cm³/mol. The van der Waals surface area contributed by atoms with E-state index in [2.05, 4.69) is 15.0 Å². The third kappa shape index (κ3) is 5.05. The van der Waals surface area contributed by atoms with Crippen LogP contribution in [0.4, 0.5) is 10.2 Å². The van der Waals surface area contributed by atoms with E-state index in [0.717, 1.165) is 38.2 Å². The lowest BCUT2D eigenvalue weighted by Crippen LogP contribution is -2.39. The van der Waals surface area contributed by atoms with Crippen molar-refractivity contribution in [1.82, 2.24) is 29.0 Å². The standard InChI is InChI=1S/C31H32FN7O5/c1-44-23-11-5-18(16-22(23)32)29(41)37(15-3-14-36-13-2-4-25(36)40)24-12-6-19(17-33-24)27-34-26-28(35-27)38(20-7-8-20)31(43)39(30(26)42)21-9-10-21/h5-6,11-12,16-17,20-21H,2-4,7-10,13-15H2,1H3,(H,34,35). The number of H-pyrrole nitrogens is 1. The highest BCUT2D eigenvalue weighted by atomic mass is 19.1. The molecule has 3 fully saturated rings. The zero-order valence-corrected chi connectivity index (χ0v) is 24.3. The summed E-state index contributed by atoms with van der Waals surface area (Å²) in [6, 6.07) is 7.40. The molecule has 2 amide bonds. The monoisotopic (exact) mass is 601 g/mol. The van der Waals surface area contributed by atoms with Gasteiger partial charge in [-0.05, 0) is 68.9 Å². The molecule has 1 N–H and O–H groups in total. The van der Waals surface area contributed by atoms with Gasteiger partial charge in [-0.25, -0.2) is 19.2 Å². The summed E-state index contributed by atoms with van der Waals surface area (Å²) in [6.07, 6.45) is 6.76. The Hall–Kier alpha value is -4.81. The van der Waals surface area contributed by atoms with Gasteiger partial charge in [0.25, 0.3) is 11.5 Å². The molecule has 228 valence electrons. The highest BCUT2D eigenvalue weighted by Crippen LogP contribution is 2.37. The number of amides is 2. The van der Waals surface area contributed by atoms with Crippen molar-refractivity contribution >= 4 is 28.8 Å². The van der Waals surface area contributed by atoms with Gasteiger partial charge >= 0.3 is 5.69 Å². The van der Waals surface area contributed by atoms with Crippen LogP contribution in [0.25, 0.3) is 22.6 Å². The number of carbonyl (C=O) groups is 2. The van der Waals surface area contributed by atoms with Crippen LogP contribution < -0.4 is 20.9 Å². The van der Waals surface area contributed by atoms with Gasteiger partial charge in [-0.1, -0.05) is 0 Å². The predicted octanol–water partition coefficient (Wildman–Crippen LogP) is 3.43. The van der Waals surface area contributed by atoms with Crippen LogP contribution in [0.15, 0.2) is 46.1 Å². The Balaban J connectivity index is 1.20. The maximum atomic E-state index is 14.5. The number of aromatic nitrogens is 5. The Labute approximate surface area is 251 Å². The minimum Gasteiger partial charge on any atom is -0.494 e. The zero-order chi connectivity index (χ0) is 30.5. The van der Waals surface area contributed by atoms with Gasteiger partial charge < -0.3 is 14.6 Å². The minimum absolute atomic E-state index is 0.0324. The molecule has 13 heteroatoms. The van der Waals surface area contributed by atoms with Crippen LogP contribution in [-0.4, -0.2) is 67.5 Å². The number of halogens is 1. The molecule has 3 aromatic heterocycles. The van der Waals surface area contributed by atoms with Crippen molar-refractivity contribution in [2.45, 2.75) is 57.0 Å². The fourth-order valence-corrected chi connectivity index (χ4v) is 5.88. The zero-order valence-electron chi connectivity index (χ0n) is 24.3. The lowest BCUT2D eigenvalue weighted by atomic mass is 10.1. The van der Waals surface area contributed by atoms with Crippen molar-refractivity contribution < 1.29 is 18.7 Å². The van der Waals surface area contributed by atoms with E-state index in [9.17, 15) is 23.6 Å². The van der Waals surface area contributed by atoms with Crippen LogP contribution in [0.1, 0.15) is 67.4 Å². The number of nitrogens with one attached hydrogen (secondary N) is 1. The number of fused-ring (bicyclic) bond motifs is 1. The SMILES string of the molecule is COc1ccc(C(=O)N(CCCN2CCCC2=O)c2ccc(-c3nc4c([nH]3)c(=O)n(C3CC3)c(=O)n4C3CC3)cn2)cc1F. The highest BCUT2D eigenvalue weighted by molar-refractivity contribution is 6.05. The van der Waals surface area contributed by atoms with Gasteiger partial charge in [0.2, 0.25) is 5.91 Å². The molecular formula is C31H32FN7O5. The van der Waals surface area contributed by atoms with Gasteiger partial charge in [0.15, 0.2) is 17.2 Å². The third-order valence-electron chi connectivity index (χ3n) is 8.50. The Morgan fingerprint density at radius 2 is 1.86 bits per heavy atom. The highest BCUT2D eigenvalue weighted by Gasteiger charge is 2.34. The lowest BCUT2D eigenvalue weighted by Gasteiger charge is -2.24. The first-order valence-electron chi connectivity index (χ1n) is 15.0. The Bertz CT molecular complexity index is 1890. The number of ether oxygens (including phenoxy) is 1. The van der Waals surface area contributed by atoms with Crippen molar-refractivity contribution in [3.05, 3.63) is 68.7 Å². The minimum atomic E-state index is -0.653. The number of rotatable bonds is 10. The van der Waals surface area contributed by atoms with E-state index in [4.69, 9.17) is 4.74 Å². The van der Waals surface area contributed by atoms with E-state index in [1.807, 2.05) is 0 Å². The van der Waals surface area contributed by atoms with Gasteiger partial charge in [0, 0.05) is 55.5 Å². The second-order valence-electron chi connectivity index (χ2n) is 11.6. The molecule has 0 radical (unpaired) electrons. The number of anilines is 1. The maximum absolute atomic E-state index is 14.5. The number of pyridine rings is 1. The maximum Gasteiger partial charge on any atom is 0.333 e. The van der Waals surface area contributed by atoms with Crippen molar-refractivity contribution in [3.63, 3.8) is 0 Å². The average molecular weight is 602 g/mol. The number of methoxy groups -OCH3 is 1. The van der Waals surface area contributed by atoms with Crippen molar-refractivity contribution in [2.24, 2.45) is 0 Å². The normalized spacial score (nSPS) is 16.6. The molecule has 0 unspecified atom stereocenters. The Morgan fingerprint density at radius 3 is 2.50 bits per heavy atom. The quantitative estimate of drug-likeness (QED) is 0.294. The van der Waals surface area contributed by atoms with E-state index in [0.29, 0.717) is 48.8 Å². The summed E-state index contributed by atoms with van der Waals surface area (Å²) in [5, 5.41) is 0. The summed E-state index contributed by atoms with van der Waals surface area (Å²) in [5.41, 5.74) is 0.661. The molecular weight excluding hydrogens is 569 g/mol. The van der Waals surface area contributed by atoms with Gasteiger partial charge in [0.1, 0.15) is 17.2 Å². The Kier molecular flexibility index (Phi) is 7.02. The number of imidazole rings is 1. The molecule has 1 aliphatic heterocycles. The number of hydrogen-bond acceptors (Lipinski definition) is 7. The first-order chi connectivity index (χ1) is 21.3. The fraction of sp³-hybridized carbons (Fsp3) is 0.419. The molecule has 2 saturated carbocycles. The van der Waals surface area contributed by atoms with E-state index < -0.39 is 11.7 Å². The van der Waals surface area contributed by atoms with Gasteiger partial charge in [-0.2, -0.15) is 0 Å². The number of carbonyl (C=O) groups excluding carboxylic acids is 2. The number of likely N-dealkylation sites (tertiary alicyclic amines) is 1. The van der Waals surface area contributed by atoms with Crippen LogP contribution in [0.5, 0.6) is 5.75 Å². The largest absolute Gasteiger partial charge is 0.494 e. The molecule has 1 aromatic carbocycles.